The Morgan fingerprint density at radius 2 is 2.25 bits per heavy atom. The van der Waals surface area contributed by atoms with E-state index < -0.39 is 0 Å². The van der Waals surface area contributed by atoms with Gasteiger partial charge in [0.25, 0.3) is 0 Å². The summed E-state index contributed by atoms with van der Waals surface area (Å²) in [6, 6.07) is 7.78. The van der Waals surface area contributed by atoms with Crippen LogP contribution in [0, 0.1) is 0 Å². The highest BCUT2D eigenvalue weighted by Gasteiger charge is 2.25. The first-order valence-electron chi connectivity index (χ1n) is 5.82. The molecule has 0 fully saturated rings. The second-order valence-electron chi connectivity index (χ2n) is 4.01. The number of ether oxygens (including phenoxy) is 1. The van der Waals surface area contributed by atoms with Crippen LogP contribution in [0.3, 0.4) is 0 Å². The van der Waals surface area contributed by atoms with Crippen LogP contribution < -0.4 is 4.74 Å². The molecular formula is C13H18O2S. The number of thioether (sulfide) groups is 1. The Balaban J connectivity index is 1.98. The first-order chi connectivity index (χ1) is 7.81. The summed E-state index contributed by atoms with van der Waals surface area (Å²) in [4.78, 5) is 0. The van der Waals surface area contributed by atoms with Gasteiger partial charge in [-0.2, -0.15) is 11.8 Å². The number of benzene rings is 1. The van der Waals surface area contributed by atoms with Crippen LogP contribution in [-0.4, -0.2) is 22.7 Å². The van der Waals surface area contributed by atoms with Crippen molar-refractivity contribution in [3.8, 4) is 5.75 Å². The molecule has 2 rings (SSSR count). The second kappa shape index (κ2) is 5.60. The number of fused-ring (bicyclic) bond motifs is 1. The number of para-hydroxylation sites is 1. The Labute approximate surface area is 101 Å². The van der Waals surface area contributed by atoms with E-state index in [0.29, 0.717) is 0 Å². The maximum Gasteiger partial charge on any atom is 0.125 e. The Morgan fingerprint density at radius 1 is 1.44 bits per heavy atom. The zero-order chi connectivity index (χ0) is 11.4. The average Bonchev–Trinajstić information content (AvgIpc) is 2.30. The molecule has 1 aliphatic heterocycles. The van der Waals surface area contributed by atoms with E-state index in [0.717, 1.165) is 35.7 Å². The number of hydrogen-bond acceptors (Lipinski definition) is 3. The highest BCUT2D eigenvalue weighted by molar-refractivity contribution is 7.99. The molecule has 0 spiro atoms. The monoisotopic (exact) mass is 238 g/mol. The summed E-state index contributed by atoms with van der Waals surface area (Å²) in [5, 5.41) is 10.0. The fourth-order valence-electron chi connectivity index (χ4n) is 2.00. The molecule has 1 aromatic carbocycles. The molecule has 0 saturated heterocycles. The summed E-state index contributed by atoms with van der Waals surface area (Å²) < 4.78 is 5.88. The number of aliphatic hydroxyl groups excluding tert-OH is 1. The van der Waals surface area contributed by atoms with Crippen LogP contribution in [-0.2, 0) is 0 Å². The highest BCUT2D eigenvalue weighted by Crippen LogP contribution is 2.35. The molecule has 0 radical (unpaired) electrons. The summed E-state index contributed by atoms with van der Waals surface area (Å²) in [5.74, 6) is 3.11. The number of hydrogen-bond donors (Lipinski definition) is 1. The van der Waals surface area contributed by atoms with E-state index in [1.54, 1.807) is 0 Å². The maximum absolute atomic E-state index is 10.0. The summed E-state index contributed by atoms with van der Waals surface area (Å²) >= 11 is 1.92. The van der Waals surface area contributed by atoms with Crippen molar-refractivity contribution in [3.63, 3.8) is 0 Å². The molecule has 3 heteroatoms. The third-order valence-corrected chi connectivity index (χ3v) is 3.78. The predicted octanol–water partition coefficient (Wildman–Crippen LogP) is 3.01. The molecule has 88 valence electrons. The topological polar surface area (TPSA) is 29.5 Å². The minimum absolute atomic E-state index is 0.170. The van der Waals surface area contributed by atoms with Crippen LogP contribution >= 0.6 is 11.8 Å². The Hall–Kier alpha value is -0.670. The van der Waals surface area contributed by atoms with Gasteiger partial charge in [0, 0.05) is 12.0 Å². The summed E-state index contributed by atoms with van der Waals surface area (Å²) in [7, 11) is 0. The molecule has 1 N–H and O–H groups in total. The third kappa shape index (κ3) is 2.71. The molecule has 0 saturated carbocycles. The summed E-state index contributed by atoms with van der Waals surface area (Å²) in [6.07, 6.45) is 1.55. The van der Waals surface area contributed by atoms with E-state index >= 15 is 0 Å². The number of rotatable bonds is 4. The fraction of sp³-hybridized carbons (Fsp3) is 0.538. The highest BCUT2D eigenvalue weighted by atomic mass is 32.2. The van der Waals surface area contributed by atoms with Crippen LogP contribution in [0.4, 0.5) is 0 Å². The largest absolute Gasteiger partial charge is 0.490 e. The first-order valence-corrected chi connectivity index (χ1v) is 6.98. The average molecular weight is 238 g/mol. The van der Waals surface area contributed by atoms with Gasteiger partial charge in [-0.05, 0) is 24.0 Å². The van der Waals surface area contributed by atoms with E-state index in [4.69, 9.17) is 4.74 Å². The molecule has 16 heavy (non-hydrogen) atoms. The van der Waals surface area contributed by atoms with Crippen molar-refractivity contribution in [1.82, 2.24) is 0 Å². The van der Waals surface area contributed by atoms with Gasteiger partial charge in [0.05, 0.1) is 6.10 Å². The third-order valence-electron chi connectivity index (χ3n) is 2.85. The van der Waals surface area contributed by atoms with Crippen LogP contribution in [0.15, 0.2) is 24.3 Å². The molecule has 0 bridgehead atoms. The lowest BCUT2D eigenvalue weighted by atomic mass is 9.98. The Kier molecular flexibility index (Phi) is 4.13. The molecule has 0 amide bonds. The minimum Gasteiger partial charge on any atom is -0.490 e. The Morgan fingerprint density at radius 3 is 3.06 bits per heavy atom. The minimum atomic E-state index is -0.360. The van der Waals surface area contributed by atoms with Crippen molar-refractivity contribution in [3.05, 3.63) is 29.8 Å². The maximum atomic E-state index is 10.0. The van der Waals surface area contributed by atoms with Crippen LogP contribution in [0.5, 0.6) is 5.75 Å². The second-order valence-corrected chi connectivity index (χ2v) is 5.41. The standard InChI is InChI=1S/C13H18O2S/c1-2-16-8-7-10-9-12(14)11-5-3-4-6-13(11)15-10/h3-6,10,12,14H,2,7-9H2,1H3/t10?,12-/m1/s1. The zero-order valence-corrected chi connectivity index (χ0v) is 10.4. The van der Waals surface area contributed by atoms with Gasteiger partial charge < -0.3 is 9.84 Å². The number of aliphatic hydroxyl groups is 1. The lowest BCUT2D eigenvalue weighted by molar-refractivity contribution is 0.0648. The quantitative estimate of drug-likeness (QED) is 0.818. The van der Waals surface area contributed by atoms with E-state index in [2.05, 4.69) is 6.92 Å². The van der Waals surface area contributed by atoms with Crippen LogP contribution in [0.25, 0.3) is 0 Å². The molecule has 1 unspecified atom stereocenters. The van der Waals surface area contributed by atoms with Crippen molar-refractivity contribution >= 4 is 11.8 Å². The summed E-state index contributed by atoms with van der Waals surface area (Å²) in [5.41, 5.74) is 0.932. The van der Waals surface area contributed by atoms with E-state index in [-0.39, 0.29) is 12.2 Å². The van der Waals surface area contributed by atoms with Crippen molar-refractivity contribution in [2.24, 2.45) is 0 Å². The summed E-state index contributed by atoms with van der Waals surface area (Å²) in [6.45, 7) is 2.16. The zero-order valence-electron chi connectivity index (χ0n) is 9.56. The van der Waals surface area contributed by atoms with Crippen molar-refractivity contribution in [2.75, 3.05) is 11.5 Å². The van der Waals surface area contributed by atoms with Gasteiger partial charge in [-0.3, -0.25) is 0 Å². The Bertz CT molecular complexity index is 340. The molecule has 1 aliphatic rings. The molecule has 0 aliphatic carbocycles. The van der Waals surface area contributed by atoms with E-state index in [1.165, 1.54) is 0 Å². The SMILES string of the molecule is CCSCCC1C[C@@H](O)c2ccccc2O1. The molecule has 0 aromatic heterocycles. The van der Waals surface area contributed by atoms with E-state index in [1.807, 2.05) is 36.0 Å². The molecule has 2 atom stereocenters. The van der Waals surface area contributed by atoms with Gasteiger partial charge in [0.1, 0.15) is 11.9 Å². The van der Waals surface area contributed by atoms with Crippen molar-refractivity contribution < 1.29 is 9.84 Å². The molecular weight excluding hydrogens is 220 g/mol. The van der Waals surface area contributed by atoms with Crippen LogP contribution in [0.1, 0.15) is 31.4 Å². The lowest BCUT2D eigenvalue weighted by Crippen LogP contribution is -2.26. The van der Waals surface area contributed by atoms with Gasteiger partial charge in [-0.25, -0.2) is 0 Å². The van der Waals surface area contributed by atoms with Gasteiger partial charge in [0.15, 0.2) is 0 Å². The fourth-order valence-corrected chi connectivity index (χ4v) is 2.72. The van der Waals surface area contributed by atoms with Gasteiger partial charge in [-0.15, -0.1) is 0 Å². The predicted molar refractivity (Wildman–Crippen MR) is 68.1 cm³/mol. The van der Waals surface area contributed by atoms with Gasteiger partial charge in [-0.1, -0.05) is 25.1 Å². The smallest absolute Gasteiger partial charge is 0.125 e. The molecule has 1 aromatic rings. The first kappa shape index (κ1) is 11.8. The normalized spacial score (nSPS) is 23.6. The lowest BCUT2D eigenvalue weighted by Gasteiger charge is -2.29. The molecule has 2 nitrogen and oxygen atoms in total. The van der Waals surface area contributed by atoms with Crippen molar-refractivity contribution in [2.45, 2.75) is 32.0 Å². The van der Waals surface area contributed by atoms with Crippen LogP contribution in [0.2, 0.25) is 0 Å². The molecule has 1 heterocycles. The van der Waals surface area contributed by atoms with E-state index in [9.17, 15) is 5.11 Å². The van der Waals surface area contributed by atoms with Gasteiger partial charge in [0.2, 0.25) is 0 Å². The van der Waals surface area contributed by atoms with Gasteiger partial charge >= 0.3 is 0 Å². The van der Waals surface area contributed by atoms with Crippen molar-refractivity contribution in [1.29, 1.82) is 0 Å².